The summed E-state index contributed by atoms with van der Waals surface area (Å²) in [4.78, 5) is 9.56. The fourth-order valence-electron chi connectivity index (χ4n) is 0.114. The quantitative estimate of drug-likeness (QED) is 0.451. The van der Waals surface area contributed by atoms with Crippen LogP contribution in [0.3, 0.4) is 0 Å². The van der Waals surface area contributed by atoms with Gasteiger partial charge < -0.3 is 9.92 Å². The van der Waals surface area contributed by atoms with E-state index in [4.69, 9.17) is 0 Å². The third-order valence-electron chi connectivity index (χ3n) is 0.198. The highest BCUT2D eigenvalue weighted by Crippen LogP contribution is 1.77. The monoisotopic (exact) mass is 140 g/mol. The lowest BCUT2D eigenvalue weighted by Crippen LogP contribution is -2.24. The Labute approximate surface area is 45.7 Å². The van der Waals surface area contributed by atoms with E-state index in [1.165, 1.54) is 0 Å². The molecule has 8 heavy (non-hydrogen) atoms. The maximum Gasteiger partial charge on any atom is 0.421 e. The summed E-state index contributed by atoms with van der Waals surface area (Å²) in [6, 6.07) is 0. The number of nitrogens with two attached hydrogens (primary N) is 2. The first kappa shape index (κ1) is 7.18. The summed E-state index contributed by atoms with van der Waals surface area (Å²) in [6.07, 6.45) is -1.44. The molecule has 0 spiro atoms. The highest BCUT2D eigenvalue weighted by Gasteiger charge is 2.04. The highest BCUT2D eigenvalue weighted by atomic mass is 32.2. The van der Waals surface area contributed by atoms with Crippen LogP contribution in [0.5, 0.6) is 0 Å². The van der Waals surface area contributed by atoms with Crippen molar-refractivity contribution in [2.75, 3.05) is 0 Å². The zero-order chi connectivity index (χ0) is 6.78. The molecule has 0 unspecified atom stereocenters. The molecule has 0 saturated carbocycles. The van der Waals surface area contributed by atoms with Crippen molar-refractivity contribution in [3.8, 4) is 0 Å². The molecule has 7 heteroatoms. The van der Waals surface area contributed by atoms with Gasteiger partial charge in [-0.15, -0.1) is 0 Å². The van der Waals surface area contributed by atoms with Crippen molar-refractivity contribution in [2.24, 2.45) is 10.9 Å². The van der Waals surface area contributed by atoms with Gasteiger partial charge in [-0.2, -0.15) is 13.6 Å². The Morgan fingerprint density at radius 2 is 1.88 bits per heavy atom. The molecular formula is CH4N2O4S. The fourth-order valence-corrected chi connectivity index (χ4v) is 0.343. The molecule has 6 nitrogen and oxygen atoms in total. The van der Waals surface area contributed by atoms with E-state index in [2.05, 4.69) is 15.1 Å². The molecule has 0 fully saturated rings. The van der Waals surface area contributed by atoms with E-state index in [1.807, 2.05) is 0 Å². The second-order valence-electron chi connectivity index (χ2n) is 0.895. The lowest BCUT2D eigenvalue weighted by molar-refractivity contribution is 0.213. The number of hydrogen-bond acceptors (Lipinski definition) is 4. The van der Waals surface area contributed by atoms with Crippen LogP contribution < -0.4 is 10.9 Å². The largest absolute Gasteiger partial charge is 0.421 e. The van der Waals surface area contributed by atoms with Crippen LogP contribution in [-0.2, 0) is 14.5 Å². The predicted octanol–water partition coefficient (Wildman–Crippen LogP) is -1.71. The third kappa shape index (κ3) is 5.18. The molecule has 0 aliphatic heterocycles. The SMILES string of the molecule is NC(=O)OS(N)(=O)=O. The van der Waals surface area contributed by atoms with E-state index < -0.39 is 16.4 Å². The van der Waals surface area contributed by atoms with Gasteiger partial charge >= 0.3 is 16.4 Å². The average Bonchev–Trinajstić information content (AvgIpc) is 1.21. The molecule has 48 valence electrons. The lowest BCUT2D eigenvalue weighted by atomic mass is 11.3. The first-order valence-electron chi connectivity index (χ1n) is 1.43. The van der Waals surface area contributed by atoms with Gasteiger partial charge in [0.05, 0.1) is 0 Å². The molecule has 0 saturated heterocycles. The van der Waals surface area contributed by atoms with Crippen LogP contribution in [-0.4, -0.2) is 14.5 Å². The molecule has 4 N–H and O–H groups in total. The molecule has 0 aromatic heterocycles. The number of amides is 1. The van der Waals surface area contributed by atoms with Crippen molar-refractivity contribution >= 4 is 16.4 Å². The van der Waals surface area contributed by atoms with Crippen molar-refractivity contribution in [1.29, 1.82) is 0 Å². The molecule has 0 radical (unpaired) electrons. The van der Waals surface area contributed by atoms with Gasteiger partial charge in [0.2, 0.25) is 0 Å². The van der Waals surface area contributed by atoms with E-state index in [-0.39, 0.29) is 0 Å². The van der Waals surface area contributed by atoms with E-state index in [0.717, 1.165) is 0 Å². The number of primary amides is 1. The van der Waals surface area contributed by atoms with Crippen molar-refractivity contribution in [3.05, 3.63) is 0 Å². The normalized spacial score (nSPS) is 10.6. The number of carbonyl (C=O) groups is 1. The molecular weight excluding hydrogens is 136 g/mol. The summed E-state index contributed by atoms with van der Waals surface area (Å²) in [7, 11) is -4.20. The predicted molar refractivity (Wildman–Crippen MR) is 23.8 cm³/mol. The van der Waals surface area contributed by atoms with Crippen LogP contribution in [0.25, 0.3) is 0 Å². The van der Waals surface area contributed by atoms with E-state index in [9.17, 15) is 13.2 Å². The Morgan fingerprint density at radius 3 is 1.88 bits per heavy atom. The first-order chi connectivity index (χ1) is 3.42. The second kappa shape index (κ2) is 1.97. The van der Waals surface area contributed by atoms with Crippen LogP contribution in [0, 0.1) is 0 Å². The second-order valence-corrected chi connectivity index (χ2v) is 2.05. The summed E-state index contributed by atoms with van der Waals surface area (Å²) in [5.41, 5.74) is 4.26. The smallest absolute Gasteiger partial charge is 0.334 e. The average molecular weight is 140 g/mol. The highest BCUT2D eigenvalue weighted by molar-refractivity contribution is 7.84. The molecule has 0 bridgehead atoms. The van der Waals surface area contributed by atoms with Gasteiger partial charge in [0.25, 0.3) is 0 Å². The van der Waals surface area contributed by atoms with Crippen LogP contribution in [0.2, 0.25) is 0 Å². The minimum Gasteiger partial charge on any atom is -0.334 e. The topological polar surface area (TPSA) is 112 Å². The molecule has 0 aliphatic rings. The summed E-state index contributed by atoms with van der Waals surface area (Å²) in [6.45, 7) is 0. The van der Waals surface area contributed by atoms with E-state index >= 15 is 0 Å². The van der Waals surface area contributed by atoms with Crippen LogP contribution in [0.1, 0.15) is 0 Å². The Kier molecular flexibility index (Phi) is 1.77. The standard InChI is InChI=1S/CH4N2O4S/c2-1(4)7-8(3,5)6/h(H2,2,4)(H2,3,5,6). The van der Waals surface area contributed by atoms with Crippen molar-refractivity contribution in [3.63, 3.8) is 0 Å². The zero-order valence-corrected chi connectivity index (χ0v) is 4.51. The molecule has 0 aromatic carbocycles. The van der Waals surface area contributed by atoms with Gasteiger partial charge in [-0.1, -0.05) is 0 Å². The number of hydrogen-bond donors (Lipinski definition) is 2. The summed E-state index contributed by atoms with van der Waals surface area (Å²) < 4.78 is 22.7. The maximum absolute atomic E-state index is 9.70. The minimum absolute atomic E-state index is 1.44. The van der Waals surface area contributed by atoms with Gasteiger partial charge in [0.15, 0.2) is 0 Å². The lowest BCUT2D eigenvalue weighted by Gasteiger charge is -1.91. The fraction of sp³-hybridized carbons (Fsp3) is 0. The molecule has 0 aliphatic carbocycles. The molecule has 1 amide bonds. The van der Waals surface area contributed by atoms with Gasteiger partial charge in [0, 0.05) is 0 Å². The van der Waals surface area contributed by atoms with E-state index in [1.54, 1.807) is 0 Å². The maximum atomic E-state index is 9.70. The Balaban J connectivity index is 3.95. The van der Waals surface area contributed by atoms with Crippen molar-refractivity contribution in [2.45, 2.75) is 0 Å². The van der Waals surface area contributed by atoms with Crippen LogP contribution >= 0.6 is 0 Å². The van der Waals surface area contributed by atoms with E-state index in [0.29, 0.717) is 0 Å². The Hall–Kier alpha value is -0.820. The summed E-state index contributed by atoms with van der Waals surface area (Å²) >= 11 is 0. The molecule has 0 atom stereocenters. The number of rotatable bonds is 1. The minimum atomic E-state index is -4.20. The van der Waals surface area contributed by atoms with Gasteiger partial charge in [0.1, 0.15) is 0 Å². The van der Waals surface area contributed by atoms with Crippen molar-refractivity contribution in [1.82, 2.24) is 0 Å². The van der Waals surface area contributed by atoms with Crippen LogP contribution in [0.15, 0.2) is 0 Å². The molecule has 0 rings (SSSR count). The Morgan fingerprint density at radius 1 is 1.50 bits per heavy atom. The first-order valence-corrected chi connectivity index (χ1v) is 2.90. The molecule has 0 aromatic rings. The van der Waals surface area contributed by atoms with Gasteiger partial charge in [-0.25, -0.2) is 4.79 Å². The van der Waals surface area contributed by atoms with Crippen molar-refractivity contribution < 1.29 is 17.4 Å². The van der Waals surface area contributed by atoms with Gasteiger partial charge in [-0.3, -0.25) is 0 Å². The zero-order valence-electron chi connectivity index (χ0n) is 3.70. The van der Waals surface area contributed by atoms with Gasteiger partial charge in [-0.05, 0) is 0 Å². The summed E-state index contributed by atoms with van der Waals surface area (Å²) in [5.74, 6) is 0. The third-order valence-corrected chi connectivity index (χ3v) is 0.595. The molecule has 0 heterocycles. The summed E-state index contributed by atoms with van der Waals surface area (Å²) in [5, 5.41) is 4.19. The van der Waals surface area contributed by atoms with Crippen LogP contribution in [0.4, 0.5) is 4.79 Å². The number of carbonyl (C=O) groups excluding carboxylic acids is 1. The Bertz CT molecular complexity index is 180.